The molecule has 1 amide bonds. The van der Waals surface area contributed by atoms with Crippen molar-refractivity contribution in [1.29, 1.82) is 0 Å². The molecule has 0 fully saturated rings. The van der Waals surface area contributed by atoms with Crippen LogP contribution in [0.1, 0.15) is 20.7 Å². The maximum absolute atomic E-state index is 13.6. The number of nitro benzene ring substituents is 1. The summed E-state index contributed by atoms with van der Waals surface area (Å²) in [6.07, 6.45) is 0. The number of hydrogen-bond donors (Lipinski definition) is 1. The number of ether oxygens (including phenoxy) is 2. The number of esters is 1. The average Bonchev–Trinajstić information content (AvgIpc) is 2.70. The van der Waals surface area contributed by atoms with E-state index in [1.807, 2.05) is 0 Å². The molecule has 2 aromatic rings. The number of methoxy groups -OCH3 is 1. The van der Waals surface area contributed by atoms with E-state index in [1.54, 1.807) is 0 Å². The summed E-state index contributed by atoms with van der Waals surface area (Å²) in [5.74, 6) is -3.02. The molecule has 0 aliphatic rings. The van der Waals surface area contributed by atoms with E-state index < -0.39 is 41.6 Å². The fraction of sp³-hybridized carbons (Fsp3) is 0.167. The van der Waals surface area contributed by atoms with Crippen molar-refractivity contribution in [2.45, 2.75) is 0 Å². The number of Topliss-reactive ketones (excluding diaryl/α,β-unsaturated/α-hetero) is 1. The van der Waals surface area contributed by atoms with Crippen LogP contribution in [0.3, 0.4) is 0 Å². The summed E-state index contributed by atoms with van der Waals surface area (Å²) in [5, 5.41) is 12.9. The number of ketones is 1. The third-order valence-corrected chi connectivity index (χ3v) is 3.55. The summed E-state index contributed by atoms with van der Waals surface area (Å²) in [4.78, 5) is 45.6. The molecule has 0 aliphatic carbocycles. The predicted molar refractivity (Wildman–Crippen MR) is 93.7 cm³/mol. The summed E-state index contributed by atoms with van der Waals surface area (Å²) in [5.41, 5.74) is -0.286. The van der Waals surface area contributed by atoms with Crippen LogP contribution in [0, 0.1) is 15.9 Å². The summed E-state index contributed by atoms with van der Waals surface area (Å²) in [6, 6.07) is 8.50. The minimum absolute atomic E-state index is 0.00761. The largest absolute Gasteiger partial charge is 0.494 e. The zero-order valence-electron chi connectivity index (χ0n) is 14.6. The van der Waals surface area contributed by atoms with Crippen LogP contribution in [-0.4, -0.2) is 42.8 Å². The molecule has 0 aliphatic heterocycles. The fourth-order valence-corrected chi connectivity index (χ4v) is 2.14. The Kier molecular flexibility index (Phi) is 6.74. The Balaban J connectivity index is 1.84. The van der Waals surface area contributed by atoms with Gasteiger partial charge in [-0.25, -0.2) is 4.39 Å². The topological polar surface area (TPSA) is 125 Å². The van der Waals surface area contributed by atoms with Crippen molar-refractivity contribution in [2.24, 2.45) is 0 Å². The Labute approximate surface area is 158 Å². The quantitative estimate of drug-likeness (QED) is 0.316. The summed E-state index contributed by atoms with van der Waals surface area (Å²) >= 11 is 0. The third kappa shape index (κ3) is 5.34. The Bertz CT molecular complexity index is 930. The molecule has 28 heavy (non-hydrogen) atoms. The van der Waals surface area contributed by atoms with Gasteiger partial charge < -0.3 is 14.8 Å². The highest BCUT2D eigenvalue weighted by Gasteiger charge is 2.15. The van der Waals surface area contributed by atoms with E-state index in [1.165, 1.54) is 37.4 Å². The maximum Gasteiger partial charge on any atom is 0.325 e. The van der Waals surface area contributed by atoms with Gasteiger partial charge in [0.25, 0.3) is 11.6 Å². The molecule has 0 atom stereocenters. The molecule has 146 valence electrons. The van der Waals surface area contributed by atoms with E-state index in [0.29, 0.717) is 0 Å². The van der Waals surface area contributed by atoms with E-state index in [4.69, 9.17) is 9.47 Å². The van der Waals surface area contributed by atoms with Gasteiger partial charge in [0.15, 0.2) is 24.0 Å². The van der Waals surface area contributed by atoms with Gasteiger partial charge in [-0.3, -0.25) is 24.5 Å². The molecular weight excluding hydrogens is 375 g/mol. The molecule has 0 bridgehead atoms. The number of rotatable bonds is 8. The minimum Gasteiger partial charge on any atom is -0.494 e. The first kappa shape index (κ1) is 20.5. The molecule has 1 N–H and O–H groups in total. The van der Waals surface area contributed by atoms with Gasteiger partial charge in [-0.15, -0.1) is 0 Å². The van der Waals surface area contributed by atoms with Crippen molar-refractivity contribution in [3.63, 3.8) is 0 Å². The van der Waals surface area contributed by atoms with Gasteiger partial charge in [0.1, 0.15) is 6.54 Å². The molecule has 9 nitrogen and oxygen atoms in total. The first-order chi connectivity index (χ1) is 13.3. The summed E-state index contributed by atoms with van der Waals surface area (Å²) in [7, 11) is 1.28. The zero-order valence-corrected chi connectivity index (χ0v) is 14.6. The third-order valence-electron chi connectivity index (χ3n) is 3.55. The number of nitrogens with one attached hydrogen (secondary N) is 1. The van der Waals surface area contributed by atoms with Gasteiger partial charge >= 0.3 is 5.97 Å². The molecule has 0 heterocycles. The van der Waals surface area contributed by atoms with E-state index in [-0.39, 0.29) is 22.6 Å². The van der Waals surface area contributed by atoms with Crippen molar-refractivity contribution < 1.29 is 33.2 Å². The molecular formula is C18H15FN2O7. The highest BCUT2D eigenvalue weighted by molar-refractivity contribution is 5.99. The number of amides is 1. The number of carbonyl (C=O) groups is 3. The average molecular weight is 390 g/mol. The number of carbonyl (C=O) groups excluding carboxylic acids is 3. The highest BCUT2D eigenvalue weighted by Crippen LogP contribution is 2.18. The minimum atomic E-state index is -0.902. The van der Waals surface area contributed by atoms with Crippen LogP contribution < -0.4 is 10.1 Å². The second-order valence-corrected chi connectivity index (χ2v) is 5.42. The zero-order chi connectivity index (χ0) is 20.7. The van der Waals surface area contributed by atoms with Crippen molar-refractivity contribution >= 4 is 23.3 Å². The summed E-state index contributed by atoms with van der Waals surface area (Å²) < 4.78 is 23.1. The van der Waals surface area contributed by atoms with Gasteiger partial charge in [0.05, 0.1) is 12.0 Å². The van der Waals surface area contributed by atoms with Crippen LogP contribution in [-0.2, 0) is 9.53 Å². The van der Waals surface area contributed by atoms with Crippen molar-refractivity contribution in [3.8, 4) is 5.75 Å². The second kappa shape index (κ2) is 9.21. The number of nitrogens with zero attached hydrogens (tertiary/aromatic N) is 1. The highest BCUT2D eigenvalue weighted by atomic mass is 19.1. The van der Waals surface area contributed by atoms with Gasteiger partial charge in [-0.2, -0.15) is 0 Å². The van der Waals surface area contributed by atoms with Crippen LogP contribution in [0.4, 0.5) is 10.1 Å². The predicted octanol–water partition coefficient (Wildman–Crippen LogP) is 1.90. The molecule has 0 aromatic heterocycles. The SMILES string of the molecule is COc1ccc(C(=O)COC(=O)CNC(=O)c2cccc([N+](=O)[O-])c2)cc1F. The van der Waals surface area contributed by atoms with E-state index in [9.17, 15) is 28.9 Å². The van der Waals surface area contributed by atoms with Crippen LogP contribution in [0.5, 0.6) is 5.75 Å². The monoisotopic (exact) mass is 390 g/mol. The molecule has 2 aromatic carbocycles. The smallest absolute Gasteiger partial charge is 0.325 e. The Hall–Kier alpha value is -3.82. The number of benzene rings is 2. The molecule has 0 radical (unpaired) electrons. The Morgan fingerprint density at radius 1 is 1.14 bits per heavy atom. The van der Waals surface area contributed by atoms with Crippen LogP contribution in [0.2, 0.25) is 0 Å². The lowest BCUT2D eigenvalue weighted by molar-refractivity contribution is -0.384. The lowest BCUT2D eigenvalue weighted by Gasteiger charge is -2.07. The number of nitro groups is 1. The number of hydrogen-bond acceptors (Lipinski definition) is 7. The molecule has 10 heteroatoms. The molecule has 0 saturated carbocycles. The van der Waals surface area contributed by atoms with E-state index >= 15 is 0 Å². The van der Waals surface area contributed by atoms with Crippen molar-refractivity contribution in [2.75, 3.05) is 20.3 Å². The van der Waals surface area contributed by atoms with Crippen LogP contribution in [0.15, 0.2) is 42.5 Å². The van der Waals surface area contributed by atoms with E-state index in [2.05, 4.69) is 5.32 Å². The summed E-state index contributed by atoms with van der Waals surface area (Å²) in [6.45, 7) is -1.19. The van der Waals surface area contributed by atoms with Gasteiger partial charge in [0, 0.05) is 23.3 Å². The van der Waals surface area contributed by atoms with Crippen molar-refractivity contribution in [1.82, 2.24) is 5.32 Å². The number of halogens is 1. The van der Waals surface area contributed by atoms with Gasteiger partial charge in [0.2, 0.25) is 0 Å². The maximum atomic E-state index is 13.6. The molecule has 0 spiro atoms. The van der Waals surface area contributed by atoms with Crippen molar-refractivity contribution in [3.05, 3.63) is 69.5 Å². The van der Waals surface area contributed by atoms with Gasteiger partial charge in [-0.1, -0.05) is 6.07 Å². The Morgan fingerprint density at radius 2 is 1.89 bits per heavy atom. The van der Waals surface area contributed by atoms with Crippen LogP contribution in [0.25, 0.3) is 0 Å². The molecule has 0 saturated heterocycles. The fourth-order valence-electron chi connectivity index (χ4n) is 2.14. The first-order valence-corrected chi connectivity index (χ1v) is 7.87. The molecule has 2 rings (SSSR count). The molecule has 0 unspecified atom stereocenters. The lowest BCUT2D eigenvalue weighted by atomic mass is 10.1. The Morgan fingerprint density at radius 3 is 2.54 bits per heavy atom. The van der Waals surface area contributed by atoms with Gasteiger partial charge in [-0.05, 0) is 24.3 Å². The first-order valence-electron chi connectivity index (χ1n) is 7.87. The standard InChI is InChI=1S/C18H15FN2O7/c1-27-16-6-5-11(8-14(16)19)15(22)10-28-17(23)9-20-18(24)12-3-2-4-13(7-12)21(25)26/h2-8H,9-10H2,1H3,(H,20,24). The number of non-ortho nitro benzene ring substituents is 1. The van der Waals surface area contributed by atoms with E-state index in [0.717, 1.165) is 12.1 Å². The lowest BCUT2D eigenvalue weighted by Crippen LogP contribution is -2.31. The normalized spacial score (nSPS) is 10.1. The second-order valence-electron chi connectivity index (χ2n) is 5.42. The van der Waals surface area contributed by atoms with Crippen LogP contribution >= 0.6 is 0 Å².